The summed E-state index contributed by atoms with van der Waals surface area (Å²) in [5.41, 5.74) is 1.19. The van der Waals surface area contributed by atoms with Gasteiger partial charge in [-0.3, -0.25) is 0 Å². The second kappa shape index (κ2) is 3.83. The van der Waals surface area contributed by atoms with Crippen molar-refractivity contribution in [3.05, 3.63) is 23.8 Å². The number of benzene rings is 1. The van der Waals surface area contributed by atoms with E-state index in [1.165, 1.54) is 15.6 Å². The van der Waals surface area contributed by atoms with Gasteiger partial charge in [-0.1, -0.05) is 0 Å². The Kier molecular flexibility index (Phi) is 2.70. The highest BCUT2D eigenvalue weighted by molar-refractivity contribution is 7.83. The van der Waals surface area contributed by atoms with Crippen molar-refractivity contribution >= 4 is 34.1 Å². The van der Waals surface area contributed by atoms with Gasteiger partial charge in [-0.15, -0.1) is 24.0 Å². The topological polar surface area (TPSA) is 9.23 Å². The normalized spacial score (nSPS) is 10.8. The standard InChI is InChI=1S/C11H12OS2/c1-3-12-9-5-8-6-11(13)14-10(8)4-7(9)2/h4-6,13H,3H2,1-2H3. The minimum absolute atomic E-state index is 0.713. The van der Waals surface area contributed by atoms with Crippen LogP contribution >= 0.6 is 24.0 Å². The summed E-state index contributed by atoms with van der Waals surface area (Å²) in [5.74, 6) is 0.978. The molecule has 1 nitrogen and oxygen atoms in total. The Morgan fingerprint density at radius 2 is 2.14 bits per heavy atom. The molecule has 1 aromatic carbocycles. The lowest BCUT2D eigenvalue weighted by molar-refractivity contribution is 0.338. The SMILES string of the molecule is CCOc1cc2cc(S)sc2cc1C. The first-order valence-corrected chi connectivity index (χ1v) is 5.83. The molecule has 74 valence electrons. The Morgan fingerprint density at radius 1 is 1.36 bits per heavy atom. The first-order chi connectivity index (χ1) is 6.70. The van der Waals surface area contributed by atoms with Crippen molar-refractivity contribution in [3.63, 3.8) is 0 Å². The lowest BCUT2D eigenvalue weighted by Gasteiger charge is -2.06. The summed E-state index contributed by atoms with van der Waals surface area (Å²) in [6.07, 6.45) is 0. The molecule has 3 heteroatoms. The first kappa shape index (κ1) is 9.87. The average Bonchev–Trinajstić information content (AvgIpc) is 2.45. The minimum Gasteiger partial charge on any atom is -0.494 e. The molecule has 0 saturated heterocycles. The number of thiophene rings is 1. The fraction of sp³-hybridized carbons (Fsp3) is 0.273. The first-order valence-electron chi connectivity index (χ1n) is 4.56. The van der Waals surface area contributed by atoms with E-state index in [9.17, 15) is 0 Å². The Labute approximate surface area is 93.1 Å². The number of fused-ring (bicyclic) bond motifs is 1. The van der Waals surface area contributed by atoms with Crippen LogP contribution in [0.15, 0.2) is 22.4 Å². The second-order valence-electron chi connectivity index (χ2n) is 3.17. The summed E-state index contributed by atoms with van der Waals surface area (Å²) < 4.78 is 7.86. The van der Waals surface area contributed by atoms with Gasteiger partial charge in [-0.25, -0.2) is 0 Å². The van der Waals surface area contributed by atoms with Crippen LogP contribution in [-0.2, 0) is 0 Å². The maximum Gasteiger partial charge on any atom is 0.122 e. The molecule has 0 N–H and O–H groups in total. The van der Waals surface area contributed by atoms with Gasteiger partial charge in [0, 0.05) is 4.70 Å². The molecule has 0 bridgehead atoms. The molecule has 0 radical (unpaired) electrons. The van der Waals surface area contributed by atoms with E-state index >= 15 is 0 Å². The molecule has 0 saturated carbocycles. The number of rotatable bonds is 2. The number of aryl methyl sites for hydroxylation is 1. The summed E-state index contributed by atoms with van der Waals surface area (Å²) in [7, 11) is 0. The summed E-state index contributed by atoms with van der Waals surface area (Å²) in [6.45, 7) is 4.79. The van der Waals surface area contributed by atoms with Gasteiger partial charge in [-0.05, 0) is 43.0 Å². The molecule has 2 rings (SSSR count). The lowest BCUT2D eigenvalue weighted by atomic mass is 10.2. The number of ether oxygens (including phenoxy) is 1. The van der Waals surface area contributed by atoms with Gasteiger partial charge in [0.15, 0.2) is 0 Å². The van der Waals surface area contributed by atoms with Crippen LogP contribution in [-0.4, -0.2) is 6.61 Å². The molecule has 0 unspecified atom stereocenters. The van der Waals surface area contributed by atoms with Crippen molar-refractivity contribution in [2.75, 3.05) is 6.61 Å². The van der Waals surface area contributed by atoms with Crippen LogP contribution in [0.4, 0.5) is 0 Å². The molecule has 2 aromatic rings. The van der Waals surface area contributed by atoms with Crippen LogP contribution in [0.1, 0.15) is 12.5 Å². The third-order valence-corrected chi connectivity index (χ3v) is 3.40. The predicted molar refractivity (Wildman–Crippen MR) is 65.0 cm³/mol. The molecular formula is C11H12OS2. The molecule has 0 fully saturated rings. The van der Waals surface area contributed by atoms with Gasteiger partial charge >= 0.3 is 0 Å². The molecule has 0 aliphatic heterocycles. The van der Waals surface area contributed by atoms with E-state index < -0.39 is 0 Å². The Hall–Kier alpha value is -0.670. The van der Waals surface area contributed by atoms with Crippen LogP contribution in [0.5, 0.6) is 5.75 Å². The van der Waals surface area contributed by atoms with E-state index in [0.717, 1.165) is 9.96 Å². The Morgan fingerprint density at radius 3 is 2.86 bits per heavy atom. The predicted octanol–water partition coefficient (Wildman–Crippen LogP) is 3.90. The van der Waals surface area contributed by atoms with Crippen LogP contribution in [0.3, 0.4) is 0 Å². The Bertz CT molecular complexity index is 460. The Balaban J connectivity index is 2.58. The van der Waals surface area contributed by atoms with Crippen molar-refractivity contribution < 1.29 is 4.74 Å². The zero-order chi connectivity index (χ0) is 10.1. The fourth-order valence-corrected chi connectivity index (χ4v) is 2.78. The molecule has 0 amide bonds. The molecule has 14 heavy (non-hydrogen) atoms. The van der Waals surface area contributed by atoms with Crippen LogP contribution in [0.2, 0.25) is 0 Å². The summed E-state index contributed by atoms with van der Waals surface area (Å²) in [5, 5.41) is 1.22. The highest BCUT2D eigenvalue weighted by Gasteiger charge is 2.04. The number of hydrogen-bond acceptors (Lipinski definition) is 3. The van der Waals surface area contributed by atoms with Gasteiger partial charge in [0.25, 0.3) is 0 Å². The zero-order valence-corrected chi connectivity index (χ0v) is 9.91. The van der Waals surface area contributed by atoms with Crippen LogP contribution in [0, 0.1) is 6.92 Å². The molecule has 0 aliphatic carbocycles. The summed E-state index contributed by atoms with van der Waals surface area (Å²) >= 11 is 6.04. The van der Waals surface area contributed by atoms with Gasteiger partial charge in [0.05, 0.1) is 10.8 Å². The maximum atomic E-state index is 5.53. The van der Waals surface area contributed by atoms with Gasteiger partial charge in [0.2, 0.25) is 0 Å². The third-order valence-electron chi connectivity index (χ3n) is 2.10. The van der Waals surface area contributed by atoms with Gasteiger partial charge in [-0.2, -0.15) is 0 Å². The van der Waals surface area contributed by atoms with E-state index in [4.69, 9.17) is 4.74 Å². The highest BCUT2D eigenvalue weighted by Crippen LogP contribution is 2.33. The fourth-order valence-electron chi connectivity index (χ4n) is 1.46. The van der Waals surface area contributed by atoms with E-state index in [1.54, 1.807) is 11.3 Å². The molecule has 1 heterocycles. The third kappa shape index (κ3) is 1.74. The molecule has 1 aromatic heterocycles. The van der Waals surface area contributed by atoms with E-state index in [-0.39, 0.29) is 0 Å². The van der Waals surface area contributed by atoms with E-state index in [0.29, 0.717) is 6.61 Å². The van der Waals surface area contributed by atoms with Gasteiger partial charge in [0.1, 0.15) is 5.75 Å². The molecule has 0 aliphatic rings. The van der Waals surface area contributed by atoms with Crippen molar-refractivity contribution in [3.8, 4) is 5.75 Å². The van der Waals surface area contributed by atoms with E-state index in [1.807, 2.05) is 6.92 Å². The van der Waals surface area contributed by atoms with Crippen LogP contribution in [0.25, 0.3) is 10.1 Å². The molecule has 0 spiro atoms. The van der Waals surface area contributed by atoms with Crippen molar-refractivity contribution in [1.29, 1.82) is 0 Å². The lowest BCUT2D eigenvalue weighted by Crippen LogP contribution is -1.93. The largest absolute Gasteiger partial charge is 0.494 e. The summed E-state index contributed by atoms with van der Waals surface area (Å²) in [6, 6.07) is 6.32. The monoisotopic (exact) mass is 224 g/mol. The quantitative estimate of drug-likeness (QED) is 0.761. The molecular weight excluding hydrogens is 212 g/mol. The van der Waals surface area contributed by atoms with Crippen molar-refractivity contribution in [2.24, 2.45) is 0 Å². The highest BCUT2D eigenvalue weighted by atomic mass is 32.2. The number of thiol groups is 1. The van der Waals surface area contributed by atoms with Crippen LogP contribution < -0.4 is 4.74 Å². The maximum absolute atomic E-state index is 5.53. The minimum atomic E-state index is 0.713. The van der Waals surface area contributed by atoms with E-state index in [2.05, 4.69) is 37.8 Å². The average molecular weight is 224 g/mol. The number of hydrogen-bond donors (Lipinski definition) is 1. The smallest absolute Gasteiger partial charge is 0.122 e. The zero-order valence-electron chi connectivity index (χ0n) is 8.20. The molecule has 0 atom stereocenters. The van der Waals surface area contributed by atoms with Gasteiger partial charge < -0.3 is 4.74 Å². The second-order valence-corrected chi connectivity index (χ2v) is 5.04. The summed E-state index contributed by atoms with van der Waals surface area (Å²) in [4.78, 5) is 0. The van der Waals surface area contributed by atoms with Crippen molar-refractivity contribution in [1.82, 2.24) is 0 Å². The van der Waals surface area contributed by atoms with Crippen molar-refractivity contribution in [2.45, 2.75) is 18.1 Å².